The van der Waals surface area contributed by atoms with Crippen molar-refractivity contribution in [1.29, 1.82) is 5.41 Å². The number of carboxylic acids is 3. The Kier molecular flexibility index (Phi) is 29.1. The topological polar surface area (TPSA) is 419 Å². The number of fused-ring (bicyclic) bond motifs is 1. The van der Waals surface area contributed by atoms with Crippen LogP contribution in [-0.4, -0.2) is 245 Å². The van der Waals surface area contributed by atoms with Crippen molar-refractivity contribution in [3.8, 4) is 5.75 Å². The van der Waals surface area contributed by atoms with Gasteiger partial charge in [-0.15, -0.1) is 0 Å². The van der Waals surface area contributed by atoms with Crippen molar-refractivity contribution in [3.63, 3.8) is 0 Å². The Morgan fingerprint density at radius 1 is 0.591 bits per heavy atom. The average molecular weight is 1400 g/mol. The second-order valence-electron chi connectivity index (χ2n) is 23.0. The third-order valence-electron chi connectivity index (χ3n) is 15.8. The summed E-state index contributed by atoms with van der Waals surface area (Å²) in [5.41, 5.74) is 7.44. The molecule has 2 aliphatic rings. The van der Waals surface area contributed by atoms with Crippen LogP contribution in [0, 0.1) is 8.98 Å². The smallest absolute Gasteiger partial charge is 0.317 e. The number of aliphatic carboxylic acids is 3. The highest BCUT2D eigenvalue weighted by atomic mass is 127. The van der Waals surface area contributed by atoms with Crippen molar-refractivity contribution in [3.05, 3.63) is 105 Å². The van der Waals surface area contributed by atoms with Gasteiger partial charge in [0.2, 0.25) is 41.4 Å². The molecule has 93 heavy (non-hydrogen) atoms. The summed E-state index contributed by atoms with van der Waals surface area (Å²) in [6.07, 6.45) is 0.849. The number of benzene rings is 4. The van der Waals surface area contributed by atoms with E-state index in [-0.39, 0.29) is 154 Å². The number of phenols is 1. The van der Waals surface area contributed by atoms with Gasteiger partial charge < -0.3 is 68.3 Å². The summed E-state index contributed by atoms with van der Waals surface area (Å²) in [6.45, 7) is 0.0605. The molecule has 4 atom stereocenters. The van der Waals surface area contributed by atoms with Crippen LogP contribution in [-0.2, 0) is 60.8 Å². The molecule has 2 heterocycles. The second kappa shape index (κ2) is 37.0. The first-order valence-corrected chi connectivity index (χ1v) is 31.7. The Hall–Kier alpha value is -8.85. The van der Waals surface area contributed by atoms with Crippen LogP contribution in [0.4, 0.5) is 5.69 Å². The number of unbranched alkanes of at least 4 members (excludes halogenated alkanes) is 1. The van der Waals surface area contributed by atoms with Gasteiger partial charge in [0.25, 0.3) is 5.91 Å². The van der Waals surface area contributed by atoms with E-state index in [0.717, 1.165) is 10.8 Å². The molecule has 0 aliphatic carbocycles. The van der Waals surface area contributed by atoms with E-state index in [1.54, 1.807) is 31.7 Å². The van der Waals surface area contributed by atoms with Gasteiger partial charge in [0.05, 0.1) is 42.1 Å². The van der Waals surface area contributed by atoms with Crippen LogP contribution in [0.2, 0.25) is 0 Å². The van der Waals surface area contributed by atoms with Crippen LogP contribution in [0.1, 0.15) is 66.4 Å². The van der Waals surface area contributed by atoms with Crippen LogP contribution in [0.5, 0.6) is 5.75 Å². The molecular weight excluding hydrogens is 1320 g/mol. The number of anilines is 1. The van der Waals surface area contributed by atoms with E-state index in [4.69, 9.17) is 11.1 Å². The van der Waals surface area contributed by atoms with Gasteiger partial charge in [-0.1, -0.05) is 55.0 Å². The molecular formula is C63H83IN14O15. The Labute approximate surface area is 551 Å². The molecule has 0 saturated carbocycles. The molecule has 0 radical (unpaired) electrons. The molecule has 4 aromatic rings. The number of aromatic hydroxyl groups is 1. The fourth-order valence-corrected chi connectivity index (χ4v) is 11.3. The first kappa shape index (κ1) is 73.2. The number of hydrogen-bond donors (Lipinski definition) is 13. The summed E-state index contributed by atoms with van der Waals surface area (Å²) < 4.78 is 0.476. The minimum Gasteiger partial charge on any atom is -0.507 e. The number of amides is 8. The number of nitrogens with one attached hydrogen (secondary N) is 8. The Bertz CT molecular complexity index is 3290. The predicted molar refractivity (Wildman–Crippen MR) is 351 cm³/mol. The van der Waals surface area contributed by atoms with Crippen LogP contribution < -0.4 is 43.0 Å². The average Bonchev–Trinajstić information content (AvgIpc) is 2.09. The number of rotatable bonds is 26. The molecule has 14 N–H and O–H groups in total. The van der Waals surface area contributed by atoms with Crippen molar-refractivity contribution in [2.24, 2.45) is 5.73 Å². The summed E-state index contributed by atoms with van der Waals surface area (Å²) in [5, 5.41) is 67.6. The van der Waals surface area contributed by atoms with Gasteiger partial charge >= 0.3 is 17.9 Å². The molecule has 29 nitrogen and oxygen atoms in total. The van der Waals surface area contributed by atoms with Crippen LogP contribution in [0.3, 0.4) is 0 Å². The lowest BCUT2D eigenvalue weighted by molar-refractivity contribution is -0.142. The molecule has 0 aromatic heterocycles. The summed E-state index contributed by atoms with van der Waals surface area (Å²) in [5.74, 6) is -8.29. The molecule has 8 amide bonds. The van der Waals surface area contributed by atoms with Gasteiger partial charge in [-0.25, -0.2) is 0 Å². The monoisotopic (exact) mass is 1400 g/mol. The van der Waals surface area contributed by atoms with E-state index in [1.807, 2.05) is 65.1 Å². The Balaban J connectivity index is 1.09. The molecule has 2 aliphatic heterocycles. The highest BCUT2D eigenvalue weighted by Crippen LogP contribution is 2.23. The number of nitrogens with two attached hydrogens (primary N) is 1. The zero-order valence-electron chi connectivity index (χ0n) is 51.8. The van der Waals surface area contributed by atoms with E-state index in [0.29, 0.717) is 33.2 Å². The molecule has 6 rings (SSSR count). The van der Waals surface area contributed by atoms with Crippen molar-refractivity contribution < 1.29 is 73.2 Å². The minimum absolute atomic E-state index is 0.000705. The van der Waals surface area contributed by atoms with E-state index in [1.165, 1.54) is 42.3 Å². The van der Waals surface area contributed by atoms with E-state index < -0.39 is 95.9 Å². The first-order valence-electron chi connectivity index (χ1n) is 30.6. The number of carbonyl (C=O) groups excluding carboxylic acids is 8. The quantitative estimate of drug-likeness (QED) is 0.0170. The van der Waals surface area contributed by atoms with E-state index >= 15 is 0 Å². The zero-order valence-corrected chi connectivity index (χ0v) is 54.0. The van der Waals surface area contributed by atoms with Crippen LogP contribution in [0.25, 0.3) is 10.8 Å². The normalized spacial score (nSPS) is 19.0. The van der Waals surface area contributed by atoms with Crippen molar-refractivity contribution in [2.75, 3.05) is 111 Å². The first-order chi connectivity index (χ1) is 44.4. The molecule has 2 fully saturated rings. The minimum atomic E-state index is -1.30. The lowest BCUT2D eigenvalue weighted by Gasteiger charge is -2.32. The molecule has 0 bridgehead atoms. The number of nitrogens with zero attached hydrogens (tertiary/aromatic N) is 5. The molecule has 0 unspecified atom stereocenters. The molecule has 502 valence electrons. The largest absolute Gasteiger partial charge is 0.507 e. The highest BCUT2D eigenvalue weighted by molar-refractivity contribution is 14.1. The van der Waals surface area contributed by atoms with Crippen LogP contribution >= 0.6 is 22.6 Å². The van der Waals surface area contributed by atoms with E-state index in [9.17, 15) is 73.2 Å². The molecule has 0 spiro atoms. The van der Waals surface area contributed by atoms with Crippen molar-refractivity contribution >= 4 is 110 Å². The summed E-state index contributed by atoms with van der Waals surface area (Å²) >= 11 is 1.93. The zero-order chi connectivity index (χ0) is 67.6. The Morgan fingerprint density at radius 3 is 1.74 bits per heavy atom. The number of phenolic OH excluding ortho intramolecular Hbond substituents is 1. The van der Waals surface area contributed by atoms with Gasteiger partial charge in [-0.3, -0.25) is 77.7 Å². The van der Waals surface area contributed by atoms with Gasteiger partial charge in [-0.05, 0) is 107 Å². The number of halogens is 1. The standard InChI is InChI=1S/C63H83IN14O15/c1-74-50(10-6-21-68-59(89)43-15-17-45(18-16-43)70-53(80)20-22-67-55(82)36-75-23-25-76(37-56(83)84)27-29-78(39-58(87)88)30-28-77(26-24-75)38-57(85)86)62(92)72-47(9-4-5-11-52(65)66)61(91)73-48(33-40-12-14-42-7-2-3-8-44(42)31-40)60(90)69-35-54(81)71-49(63(74)93)34-41-13-19-51(79)46(64)32-41/h2-3,7-8,12-19,31-32,47-50,79H,4-6,9-11,20-30,33-39H2,1H3,(H3,65,66)(H,67,82)(H,68,89)(H,69,90)(H,70,80)(H,71,81)(H,72,92)(H,73,91)(H,83,84)(H,85,86)(H,87,88)/t47-,48-,49+,50+/m0/s1. The summed E-state index contributed by atoms with van der Waals surface area (Å²) in [6, 6.07) is 18.8. The van der Waals surface area contributed by atoms with Gasteiger partial charge in [0.1, 0.15) is 29.9 Å². The lowest BCUT2D eigenvalue weighted by Crippen LogP contribution is -2.58. The highest BCUT2D eigenvalue weighted by Gasteiger charge is 2.36. The predicted octanol–water partition coefficient (Wildman–Crippen LogP) is -0.0268. The third-order valence-corrected chi connectivity index (χ3v) is 16.6. The van der Waals surface area contributed by atoms with Gasteiger partial charge in [0.15, 0.2) is 0 Å². The molecule has 2 saturated heterocycles. The number of hydrogen-bond acceptors (Lipinski definition) is 17. The van der Waals surface area contributed by atoms with Crippen molar-refractivity contribution in [2.45, 2.75) is 82.0 Å². The lowest BCUT2D eigenvalue weighted by atomic mass is 10.00. The second-order valence-corrected chi connectivity index (χ2v) is 24.1. The number of carboxylic acid groups (broad SMARTS) is 3. The SMILES string of the molecule is CN1C(=O)[C@@H](Cc2ccc(O)c(I)c2)NC(=O)CNC(=O)[C@H](Cc2ccc3ccccc3c2)NC(=O)[C@H](CCCCC(=N)N)NC(=O)[C@H]1CCCNC(=O)c1ccc(NC(=O)CCNC(=O)CN2CCN(CC(=O)O)CCN(CC(=O)O)CCN(CC(=O)O)CC2)cc1. The Morgan fingerprint density at radius 2 is 1.15 bits per heavy atom. The maximum absolute atomic E-state index is 14.7. The number of amidine groups is 1. The van der Waals surface area contributed by atoms with Gasteiger partial charge in [-0.2, -0.15) is 0 Å². The van der Waals surface area contributed by atoms with Gasteiger partial charge in [0, 0.05) is 109 Å². The third kappa shape index (κ3) is 25.3. The molecule has 4 aromatic carbocycles. The van der Waals surface area contributed by atoms with Crippen LogP contribution in [0.15, 0.2) is 84.9 Å². The molecule has 30 heteroatoms. The maximum atomic E-state index is 14.7. The summed E-state index contributed by atoms with van der Waals surface area (Å²) in [7, 11) is 1.38. The summed E-state index contributed by atoms with van der Waals surface area (Å²) in [4.78, 5) is 154. The fourth-order valence-electron chi connectivity index (χ4n) is 10.7. The van der Waals surface area contributed by atoms with Crippen molar-refractivity contribution in [1.82, 2.24) is 56.4 Å². The van der Waals surface area contributed by atoms with E-state index in [2.05, 4.69) is 37.2 Å². The number of carbonyl (C=O) groups is 11. The fraction of sp³-hybridized carbons (Fsp3) is 0.460. The number of likely N-dealkylation sites (N-methyl/N-ethyl adjacent to an activating group) is 1. The maximum Gasteiger partial charge on any atom is 0.317 e.